The monoisotopic (exact) mass is 436 g/mol. The number of rotatable bonds is 4. The van der Waals surface area contributed by atoms with Crippen LogP contribution in [0.5, 0.6) is 0 Å². The summed E-state index contributed by atoms with van der Waals surface area (Å²) in [6, 6.07) is 10.4. The molecule has 2 aromatic carbocycles. The van der Waals surface area contributed by atoms with Crippen molar-refractivity contribution in [3.05, 3.63) is 71.2 Å². The molecular weight excluding hydrogens is 416 g/mol. The predicted molar refractivity (Wildman–Crippen MR) is 106 cm³/mol. The molecule has 1 aliphatic heterocycles. The molecule has 164 valence electrons. The molecular formula is C22H20F4N2O3. The highest BCUT2D eigenvalue weighted by atomic mass is 19.4. The number of amides is 2. The van der Waals surface area contributed by atoms with Crippen molar-refractivity contribution < 1.29 is 31.9 Å². The Bertz CT molecular complexity index is 1050. The van der Waals surface area contributed by atoms with E-state index < -0.39 is 40.6 Å². The van der Waals surface area contributed by atoms with E-state index in [9.17, 15) is 27.2 Å². The zero-order valence-corrected chi connectivity index (χ0v) is 17.0. The Hall–Kier alpha value is -3.36. The molecule has 0 bridgehead atoms. The van der Waals surface area contributed by atoms with Crippen LogP contribution in [0.4, 0.5) is 23.2 Å². The van der Waals surface area contributed by atoms with E-state index in [0.29, 0.717) is 29.5 Å². The van der Waals surface area contributed by atoms with Crippen molar-refractivity contribution in [1.82, 2.24) is 4.90 Å². The van der Waals surface area contributed by atoms with Crippen LogP contribution >= 0.6 is 0 Å². The second kappa shape index (κ2) is 8.05. The predicted octanol–water partition coefficient (Wildman–Crippen LogP) is 4.81. The van der Waals surface area contributed by atoms with E-state index in [1.165, 1.54) is 13.8 Å². The average Bonchev–Trinajstić information content (AvgIpc) is 2.69. The number of alkyl halides is 3. The van der Waals surface area contributed by atoms with Crippen LogP contribution in [-0.4, -0.2) is 29.0 Å². The van der Waals surface area contributed by atoms with Gasteiger partial charge in [-0.2, -0.15) is 13.2 Å². The zero-order valence-electron chi connectivity index (χ0n) is 17.0. The number of nitrogens with zero attached hydrogens (tertiary/aromatic N) is 1. The molecule has 0 aromatic heterocycles. The van der Waals surface area contributed by atoms with Gasteiger partial charge in [-0.05, 0) is 44.5 Å². The molecule has 0 fully saturated rings. The van der Waals surface area contributed by atoms with Gasteiger partial charge >= 0.3 is 6.18 Å². The summed E-state index contributed by atoms with van der Waals surface area (Å²) in [4.78, 5) is 27.2. The fraction of sp³-hybridized carbons (Fsp3) is 0.273. The lowest BCUT2D eigenvalue weighted by atomic mass is 9.96. The minimum Gasteiger partial charge on any atom is -0.477 e. The van der Waals surface area contributed by atoms with Gasteiger partial charge in [0.15, 0.2) is 6.73 Å². The number of ether oxygens (including phenoxy) is 1. The van der Waals surface area contributed by atoms with Crippen molar-refractivity contribution in [3.63, 3.8) is 0 Å². The first kappa shape index (κ1) is 22.3. The van der Waals surface area contributed by atoms with Gasteiger partial charge in [0, 0.05) is 0 Å². The number of hydrogen-bond acceptors (Lipinski definition) is 3. The highest BCUT2D eigenvalue weighted by Crippen LogP contribution is 2.33. The van der Waals surface area contributed by atoms with Crippen molar-refractivity contribution in [1.29, 1.82) is 0 Å². The number of allylic oxidation sites excluding steroid dienone is 1. The molecule has 1 heterocycles. The summed E-state index contributed by atoms with van der Waals surface area (Å²) in [6.07, 6.45) is -4.70. The fourth-order valence-corrected chi connectivity index (χ4v) is 3.12. The molecule has 0 spiro atoms. The molecule has 2 aromatic rings. The minimum atomic E-state index is -4.70. The first-order valence-corrected chi connectivity index (χ1v) is 9.32. The van der Waals surface area contributed by atoms with Gasteiger partial charge in [-0.25, -0.2) is 4.39 Å². The van der Waals surface area contributed by atoms with E-state index >= 15 is 0 Å². The number of hydrogen-bond donors (Lipinski definition) is 1. The molecule has 1 aliphatic rings. The molecule has 31 heavy (non-hydrogen) atoms. The second-order valence-electron chi connectivity index (χ2n) is 7.51. The van der Waals surface area contributed by atoms with Gasteiger partial charge < -0.3 is 10.1 Å². The summed E-state index contributed by atoms with van der Waals surface area (Å²) in [7, 11) is 0. The average molecular weight is 436 g/mol. The summed E-state index contributed by atoms with van der Waals surface area (Å²) in [5, 5.41) is 2.17. The zero-order chi connectivity index (χ0) is 23.0. The third-order valence-corrected chi connectivity index (χ3v) is 5.06. The minimum absolute atomic E-state index is 0.244. The summed E-state index contributed by atoms with van der Waals surface area (Å²) >= 11 is 0. The Labute approximate surface area is 176 Å². The smallest absolute Gasteiger partial charge is 0.416 e. The highest BCUT2D eigenvalue weighted by Gasteiger charge is 2.42. The maximum absolute atomic E-state index is 14.1. The SMILES string of the molecule is CC1=C(c2ccccc2)C(=O)N(C(C)(C)C(=O)Nc2cc(C(F)(F)F)ccc2F)CO1. The number of nitrogens with one attached hydrogen (secondary N) is 1. The van der Waals surface area contributed by atoms with Gasteiger partial charge in [0.05, 0.1) is 16.8 Å². The Morgan fingerprint density at radius 2 is 1.74 bits per heavy atom. The molecule has 5 nitrogen and oxygen atoms in total. The van der Waals surface area contributed by atoms with E-state index in [-0.39, 0.29) is 12.3 Å². The third-order valence-electron chi connectivity index (χ3n) is 5.06. The Balaban J connectivity index is 1.88. The van der Waals surface area contributed by atoms with Gasteiger partial charge in [0.2, 0.25) is 5.91 Å². The highest BCUT2D eigenvalue weighted by molar-refractivity contribution is 6.21. The largest absolute Gasteiger partial charge is 0.477 e. The molecule has 0 radical (unpaired) electrons. The van der Waals surface area contributed by atoms with Crippen LogP contribution in [0.3, 0.4) is 0 Å². The van der Waals surface area contributed by atoms with Crippen molar-refractivity contribution in [2.45, 2.75) is 32.5 Å². The lowest BCUT2D eigenvalue weighted by molar-refractivity contribution is -0.147. The fourth-order valence-electron chi connectivity index (χ4n) is 3.12. The maximum atomic E-state index is 14.1. The van der Waals surface area contributed by atoms with E-state index in [1.807, 2.05) is 0 Å². The van der Waals surface area contributed by atoms with E-state index in [1.54, 1.807) is 37.3 Å². The van der Waals surface area contributed by atoms with Gasteiger partial charge in [-0.3, -0.25) is 14.5 Å². The quantitative estimate of drug-likeness (QED) is 0.700. The molecule has 0 saturated heterocycles. The number of carbonyl (C=O) groups is 2. The summed E-state index contributed by atoms with van der Waals surface area (Å²) in [6.45, 7) is 4.19. The molecule has 0 unspecified atom stereocenters. The van der Waals surface area contributed by atoms with Crippen molar-refractivity contribution in [2.75, 3.05) is 12.0 Å². The summed E-state index contributed by atoms with van der Waals surface area (Å²) in [5.74, 6) is -2.00. The number of carbonyl (C=O) groups excluding carboxylic acids is 2. The molecule has 0 atom stereocenters. The van der Waals surface area contributed by atoms with Gasteiger partial charge in [0.1, 0.15) is 17.1 Å². The van der Waals surface area contributed by atoms with Gasteiger partial charge in [0.25, 0.3) is 5.91 Å². The second-order valence-corrected chi connectivity index (χ2v) is 7.51. The van der Waals surface area contributed by atoms with Crippen LogP contribution in [0.2, 0.25) is 0 Å². The van der Waals surface area contributed by atoms with Crippen LogP contribution in [0.15, 0.2) is 54.3 Å². The van der Waals surface area contributed by atoms with Crippen LogP contribution in [-0.2, 0) is 20.5 Å². The Morgan fingerprint density at radius 3 is 2.35 bits per heavy atom. The number of benzene rings is 2. The lowest BCUT2D eigenvalue weighted by Crippen LogP contribution is -2.57. The third kappa shape index (κ3) is 4.40. The molecule has 3 rings (SSSR count). The molecule has 9 heteroatoms. The standard InChI is InChI=1S/C22H20F4N2O3/c1-13-18(14-7-5-4-6-8-14)19(29)28(12-31-13)21(2,3)20(30)27-17-11-15(22(24,25)26)9-10-16(17)23/h4-11H,12H2,1-3H3,(H,27,30). The van der Waals surface area contributed by atoms with Crippen LogP contribution in [0.1, 0.15) is 31.9 Å². The number of halogens is 4. The van der Waals surface area contributed by atoms with Crippen LogP contribution in [0.25, 0.3) is 5.57 Å². The normalized spacial score (nSPS) is 15.1. The molecule has 2 amide bonds. The van der Waals surface area contributed by atoms with Gasteiger partial charge in [-0.15, -0.1) is 0 Å². The molecule has 0 aliphatic carbocycles. The summed E-state index contributed by atoms with van der Waals surface area (Å²) < 4.78 is 58.5. The Kier molecular flexibility index (Phi) is 5.80. The van der Waals surface area contributed by atoms with Gasteiger partial charge in [-0.1, -0.05) is 30.3 Å². The van der Waals surface area contributed by atoms with Crippen LogP contribution in [0, 0.1) is 5.82 Å². The number of anilines is 1. The van der Waals surface area contributed by atoms with Crippen molar-refractivity contribution in [2.24, 2.45) is 0 Å². The van der Waals surface area contributed by atoms with Crippen molar-refractivity contribution >= 4 is 23.1 Å². The Morgan fingerprint density at radius 1 is 1.10 bits per heavy atom. The van der Waals surface area contributed by atoms with E-state index in [0.717, 1.165) is 4.90 Å². The first-order valence-electron chi connectivity index (χ1n) is 9.32. The van der Waals surface area contributed by atoms with E-state index in [2.05, 4.69) is 5.32 Å². The molecule has 1 N–H and O–H groups in total. The van der Waals surface area contributed by atoms with E-state index in [4.69, 9.17) is 4.74 Å². The lowest BCUT2D eigenvalue weighted by Gasteiger charge is -2.40. The van der Waals surface area contributed by atoms with Crippen LogP contribution < -0.4 is 5.32 Å². The first-order chi connectivity index (χ1) is 14.4. The molecule has 0 saturated carbocycles. The summed E-state index contributed by atoms with van der Waals surface area (Å²) in [5.41, 5.74) is -2.44. The maximum Gasteiger partial charge on any atom is 0.416 e. The topological polar surface area (TPSA) is 58.6 Å². The van der Waals surface area contributed by atoms with Crippen molar-refractivity contribution in [3.8, 4) is 0 Å².